The molecule has 0 spiro atoms. The van der Waals surface area contributed by atoms with Gasteiger partial charge in [-0.25, -0.2) is 13.5 Å². The number of nitrogens with zero attached hydrogens (tertiary/aromatic N) is 4. The van der Waals surface area contributed by atoms with E-state index in [0.717, 1.165) is 38.1 Å². The number of carbonyl (C=O) groups is 1. The molecule has 0 bridgehead atoms. The van der Waals surface area contributed by atoms with Crippen molar-refractivity contribution in [2.45, 2.75) is 83.8 Å². The normalized spacial score (nSPS) is 21.6. The molecule has 34 heavy (non-hydrogen) atoms. The summed E-state index contributed by atoms with van der Waals surface area (Å²) < 4.78 is 25.1. The Balaban J connectivity index is 1.67. The third-order valence-electron chi connectivity index (χ3n) is 7.08. The van der Waals surface area contributed by atoms with E-state index in [2.05, 4.69) is 22.3 Å². The highest BCUT2D eigenvalue weighted by molar-refractivity contribution is 7.81. The van der Waals surface area contributed by atoms with E-state index in [-0.39, 0.29) is 18.0 Å². The number of allylic oxidation sites excluding steroid dienone is 1. The van der Waals surface area contributed by atoms with Gasteiger partial charge in [0.05, 0.1) is 28.0 Å². The van der Waals surface area contributed by atoms with Crippen molar-refractivity contribution in [1.82, 2.24) is 14.4 Å². The van der Waals surface area contributed by atoms with Crippen molar-refractivity contribution >= 4 is 28.7 Å². The van der Waals surface area contributed by atoms with Gasteiger partial charge in [-0.15, -0.1) is 0 Å². The van der Waals surface area contributed by atoms with Crippen LogP contribution in [-0.4, -0.2) is 74.4 Å². The molecule has 1 saturated heterocycles. The summed E-state index contributed by atoms with van der Waals surface area (Å²) in [6.45, 7) is 13.3. The van der Waals surface area contributed by atoms with E-state index in [1.165, 1.54) is 0 Å². The molecule has 10 heteroatoms. The lowest BCUT2D eigenvalue weighted by Crippen LogP contribution is -2.57. The van der Waals surface area contributed by atoms with Crippen LogP contribution in [0, 0.1) is 0 Å². The number of aromatic nitrogens is 1. The van der Waals surface area contributed by atoms with Crippen LogP contribution in [0.3, 0.4) is 0 Å². The standard InChI is InChI=1S/C24H39N5O4S/c1-9-17-14-16(2)32-22(25-17)23(3,4)19-15-20(33-27-19)26-21(30)24(5,6)28(7)18-10-12-29(13-11-18)34(8)31/h14-15,17-18H,9-13H2,1-8H3,(H,26,30). The largest absolute Gasteiger partial charge is 0.447 e. The van der Waals surface area contributed by atoms with Crippen LogP contribution in [0.5, 0.6) is 0 Å². The van der Waals surface area contributed by atoms with Crippen molar-refractivity contribution < 1.29 is 18.3 Å². The molecule has 1 amide bonds. The second-order valence-electron chi connectivity index (χ2n) is 10.2. The fourth-order valence-corrected chi connectivity index (χ4v) is 5.00. The number of aliphatic imine (C=N–C) groups is 1. The van der Waals surface area contributed by atoms with Gasteiger partial charge in [0.15, 0.2) is 0 Å². The van der Waals surface area contributed by atoms with Crippen LogP contribution in [-0.2, 0) is 25.9 Å². The summed E-state index contributed by atoms with van der Waals surface area (Å²) in [4.78, 5) is 20.0. The highest BCUT2D eigenvalue weighted by Crippen LogP contribution is 2.31. The van der Waals surface area contributed by atoms with Gasteiger partial charge in [0.25, 0.3) is 0 Å². The molecule has 3 rings (SSSR count). The Morgan fingerprint density at radius 2 is 1.94 bits per heavy atom. The zero-order chi connectivity index (χ0) is 25.3. The minimum Gasteiger partial charge on any atom is -0.447 e. The number of likely N-dealkylation sites (N-methyl/N-ethyl adjacent to an activating group) is 1. The Bertz CT molecular complexity index is 976. The Morgan fingerprint density at radius 1 is 1.29 bits per heavy atom. The topological polar surface area (TPSA) is 100 Å². The van der Waals surface area contributed by atoms with E-state index < -0.39 is 21.9 Å². The fraction of sp³-hybridized carbons (Fsp3) is 0.708. The Kier molecular flexibility index (Phi) is 8.04. The van der Waals surface area contributed by atoms with E-state index in [1.807, 2.05) is 52.0 Å². The van der Waals surface area contributed by atoms with Gasteiger partial charge >= 0.3 is 0 Å². The van der Waals surface area contributed by atoms with Crippen molar-refractivity contribution in [3.05, 3.63) is 23.6 Å². The molecule has 9 nitrogen and oxygen atoms in total. The van der Waals surface area contributed by atoms with Crippen LogP contribution in [0.1, 0.15) is 66.5 Å². The monoisotopic (exact) mass is 493 g/mol. The van der Waals surface area contributed by atoms with Gasteiger partial charge in [0, 0.05) is 31.5 Å². The van der Waals surface area contributed by atoms with E-state index in [4.69, 9.17) is 14.3 Å². The molecule has 0 aliphatic carbocycles. The molecule has 190 valence electrons. The minimum absolute atomic E-state index is 0.0784. The Morgan fingerprint density at radius 3 is 2.53 bits per heavy atom. The van der Waals surface area contributed by atoms with Crippen molar-refractivity contribution in [1.29, 1.82) is 0 Å². The zero-order valence-corrected chi connectivity index (χ0v) is 22.5. The zero-order valence-electron chi connectivity index (χ0n) is 21.7. The molecule has 3 heterocycles. The van der Waals surface area contributed by atoms with E-state index in [1.54, 1.807) is 12.3 Å². The Labute approximate surface area is 205 Å². The van der Waals surface area contributed by atoms with Crippen LogP contribution in [0.2, 0.25) is 0 Å². The average molecular weight is 494 g/mol. The van der Waals surface area contributed by atoms with Crippen molar-refractivity contribution in [3.63, 3.8) is 0 Å². The SMILES string of the molecule is CCC1C=C(C)OC(C(C)(C)c2cc(NC(=O)C(C)(C)N(C)C3CCN(S(C)=O)CC3)on2)=N1. The van der Waals surface area contributed by atoms with Crippen molar-refractivity contribution in [3.8, 4) is 0 Å². The molecule has 2 unspecified atom stereocenters. The molecule has 1 aromatic rings. The van der Waals surface area contributed by atoms with Gasteiger partial charge in [0.2, 0.25) is 17.7 Å². The first kappa shape index (κ1) is 26.6. The van der Waals surface area contributed by atoms with E-state index in [0.29, 0.717) is 17.5 Å². The van der Waals surface area contributed by atoms with Crippen LogP contribution < -0.4 is 5.32 Å². The lowest BCUT2D eigenvalue weighted by atomic mass is 9.88. The third-order valence-corrected chi connectivity index (χ3v) is 8.17. The predicted octanol–water partition coefficient (Wildman–Crippen LogP) is 3.47. The molecule has 0 aromatic carbocycles. The molecular formula is C24H39N5O4S. The number of hydrogen-bond donors (Lipinski definition) is 1. The molecule has 2 aliphatic heterocycles. The molecule has 0 saturated carbocycles. The van der Waals surface area contributed by atoms with Gasteiger partial charge < -0.3 is 9.26 Å². The maximum absolute atomic E-state index is 13.2. The number of anilines is 1. The number of amides is 1. The van der Waals surface area contributed by atoms with Crippen LogP contribution in [0.15, 0.2) is 27.4 Å². The van der Waals surface area contributed by atoms with Crippen LogP contribution in [0.4, 0.5) is 5.88 Å². The molecule has 0 radical (unpaired) electrons. The van der Waals surface area contributed by atoms with Gasteiger partial charge in [-0.05, 0) is 67.0 Å². The number of carbonyl (C=O) groups excluding carboxylic acids is 1. The quantitative estimate of drug-likeness (QED) is 0.595. The number of ether oxygens (including phenoxy) is 1. The number of nitrogens with one attached hydrogen (secondary N) is 1. The van der Waals surface area contributed by atoms with E-state index in [9.17, 15) is 9.00 Å². The fourth-order valence-electron chi connectivity index (χ4n) is 4.28. The van der Waals surface area contributed by atoms with Gasteiger partial charge in [-0.2, -0.15) is 0 Å². The summed E-state index contributed by atoms with van der Waals surface area (Å²) in [5.41, 5.74) is -0.750. The first-order chi connectivity index (χ1) is 15.9. The maximum Gasteiger partial charge on any atom is 0.246 e. The smallest absolute Gasteiger partial charge is 0.246 e. The van der Waals surface area contributed by atoms with Gasteiger partial charge in [-0.1, -0.05) is 12.1 Å². The Hall–Kier alpha value is -2.04. The van der Waals surface area contributed by atoms with Gasteiger partial charge in [0.1, 0.15) is 11.5 Å². The maximum atomic E-state index is 13.2. The minimum atomic E-state index is -0.953. The molecule has 1 aromatic heterocycles. The molecule has 1 fully saturated rings. The highest BCUT2D eigenvalue weighted by Gasteiger charge is 2.39. The summed E-state index contributed by atoms with van der Waals surface area (Å²) in [6, 6.07) is 2.05. The van der Waals surface area contributed by atoms with Crippen LogP contribution in [0.25, 0.3) is 0 Å². The van der Waals surface area contributed by atoms with E-state index >= 15 is 0 Å². The molecule has 2 aliphatic rings. The first-order valence-corrected chi connectivity index (χ1v) is 13.4. The lowest BCUT2D eigenvalue weighted by Gasteiger charge is -2.42. The second-order valence-corrected chi connectivity index (χ2v) is 11.6. The third kappa shape index (κ3) is 5.60. The summed E-state index contributed by atoms with van der Waals surface area (Å²) in [5, 5.41) is 7.11. The first-order valence-electron chi connectivity index (χ1n) is 11.9. The van der Waals surface area contributed by atoms with Crippen molar-refractivity contribution in [2.75, 3.05) is 31.7 Å². The second kappa shape index (κ2) is 10.3. The molecule has 1 N–H and O–H groups in total. The summed E-state index contributed by atoms with van der Waals surface area (Å²) in [7, 11) is 1.02. The number of hydrogen-bond acceptors (Lipinski definition) is 7. The number of piperidine rings is 1. The summed E-state index contributed by atoms with van der Waals surface area (Å²) in [6.07, 6.45) is 6.34. The van der Waals surface area contributed by atoms with Crippen LogP contribution >= 0.6 is 0 Å². The van der Waals surface area contributed by atoms with Gasteiger partial charge in [-0.3, -0.25) is 15.0 Å². The predicted molar refractivity (Wildman–Crippen MR) is 135 cm³/mol. The average Bonchev–Trinajstić information content (AvgIpc) is 3.27. The lowest BCUT2D eigenvalue weighted by molar-refractivity contribution is -0.127. The van der Waals surface area contributed by atoms with Crippen molar-refractivity contribution in [2.24, 2.45) is 4.99 Å². The molecule has 2 atom stereocenters. The number of rotatable bonds is 8. The molecular weight excluding hydrogens is 454 g/mol. The summed E-state index contributed by atoms with van der Waals surface area (Å²) in [5.74, 6) is 1.53. The summed E-state index contributed by atoms with van der Waals surface area (Å²) >= 11 is 0. The highest BCUT2D eigenvalue weighted by atomic mass is 32.2.